The van der Waals surface area contributed by atoms with Crippen LogP contribution in [0.1, 0.15) is 0 Å². The first-order valence-electron chi connectivity index (χ1n) is 4.26. The first kappa shape index (κ1) is 27.6. The van der Waals surface area contributed by atoms with Crippen molar-refractivity contribution in [2.45, 2.75) is 0 Å². The number of hydrogen-bond donors (Lipinski definition) is 4. The molecule has 14 nitrogen and oxygen atoms in total. The fraction of sp³-hybridized carbons (Fsp3) is 1.00. The molecule has 0 rings (SSSR count). The van der Waals surface area contributed by atoms with Crippen molar-refractivity contribution in [1.82, 2.24) is 0 Å². The van der Waals surface area contributed by atoms with Crippen molar-refractivity contribution in [3.05, 3.63) is 20.2 Å². The van der Waals surface area contributed by atoms with E-state index in [1.165, 1.54) is 0 Å². The normalized spacial score (nSPS) is 9.00. The third kappa shape index (κ3) is 165. The van der Waals surface area contributed by atoms with Crippen molar-refractivity contribution in [3.8, 4) is 0 Å². The molecule has 0 radical (unpaired) electrons. The van der Waals surface area contributed by atoms with Crippen LogP contribution in [-0.4, -0.2) is 34.2 Å². The van der Waals surface area contributed by atoms with E-state index in [9.17, 15) is 0 Å². The van der Waals surface area contributed by atoms with E-state index in [1.54, 1.807) is 0 Å². The van der Waals surface area contributed by atoms with E-state index >= 15 is 0 Å². The Balaban J connectivity index is -0.0000000883. The van der Waals surface area contributed by atoms with Gasteiger partial charge in [-0.2, -0.15) is 0 Å². The quantitative estimate of drug-likeness (QED) is 0.204. The molecule has 0 aromatic rings. The van der Waals surface area contributed by atoms with Gasteiger partial charge in [-0.1, -0.05) is 0 Å². The van der Waals surface area contributed by atoms with Crippen LogP contribution in [0.4, 0.5) is 0 Å². The Morgan fingerprint density at radius 2 is 0.900 bits per heavy atom. The van der Waals surface area contributed by atoms with Gasteiger partial charge in [0.1, 0.15) is 0 Å². The summed E-state index contributed by atoms with van der Waals surface area (Å²) >= 11 is -0.708. The minimum atomic E-state index is -4.94. The second-order valence-corrected chi connectivity index (χ2v) is 3.65. The Morgan fingerprint density at radius 1 is 0.750 bits per heavy atom. The summed E-state index contributed by atoms with van der Waals surface area (Å²) in [5.41, 5.74) is 19.6. The maximum Gasteiger partial charge on any atom is -0.112 e. The van der Waals surface area contributed by atoms with Crippen molar-refractivity contribution in [1.29, 1.82) is 0 Å². The van der Waals surface area contributed by atoms with Crippen LogP contribution in [0.25, 0.3) is 0 Å². The second kappa shape index (κ2) is 20.6. The molecule has 0 bridgehead atoms. The average Bonchev–Trinajstić information content (AvgIpc) is 2.25. The third-order valence-electron chi connectivity index (χ3n) is 0.437. The maximum atomic E-state index is 9.15. The van der Waals surface area contributed by atoms with Crippen LogP contribution in [0.5, 0.6) is 0 Å². The molecule has 8 N–H and O–H groups in total. The van der Waals surface area contributed by atoms with E-state index in [1.807, 2.05) is 0 Å². The predicted molar refractivity (Wildman–Crippen MR) is 50.2 cm³/mol. The van der Waals surface area contributed by atoms with E-state index < -0.39 is 33.1 Å². The standard InChI is InChI=1S/2C2H8N2.ClHO4.2NO2.Ni/c2*3-1-2-4;2-1(3,4)5;2*2-1-3;/h2*1-4H2;(H,2,3,4,5);;;/p-1. The minimum absolute atomic E-state index is 0.597. The van der Waals surface area contributed by atoms with Crippen LogP contribution in [-0.2, 0) is 14.9 Å². The van der Waals surface area contributed by atoms with Crippen molar-refractivity contribution in [2.75, 3.05) is 26.2 Å². The van der Waals surface area contributed by atoms with Gasteiger partial charge in [0, 0.05) is 26.2 Å². The van der Waals surface area contributed by atoms with Crippen LogP contribution in [0, 0.1) is 30.5 Å². The molecule has 0 fully saturated rings. The molecule has 128 valence electrons. The molecule has 0 saturated heterocycles. The van der Waals surface area contributed by atoms with Gasteiger partial charge in [0.2, 0.25) is 0 Å². The van der Waals surface area contributed by atoms with Crippen molar-refractivity contribution in [2.24, 2.45) is 22.9 Å². The summed E-state index contributed by atoms with van der Waals surface area (Å²) < 4.78 is 31.8. The number of nitrogens with two attached hydrogens (primary N) is 4. The summed E-state index contributed by atoms with van der Waals surface area (Å²) in [6.45, 7) is 2.39. The van der Waals surface area contributed by atoms with Crippen molar-refractivity contribution < 1.29 is 51.8 Å². The Kier molecular flexibility index (Phi) is 28.4. The molecule has 0 unspecified atom stereocenters. The van der Waals surface area contributed by atoms with Crippen molar-refractivity contribution >= 4 is 0 Å². The summed E-state index contributed by atoms with van der Waals surface area (Å²) in [6.07, 6.45) is 0. The monoisotopic (exact) mass is 369 g/mol. The molecule has 0 aromatic carbocycles. The predicted octanol–water partition coefficient (Wildman–Crippen LogP) is -7.50. The van der Waals surface area contributed by atoms with E-state index in [4.69, 9.17) is 61.8 Å². The van der Waals surface area contributed by atoms with Gasteiger partial charge in [-0.05, 0) is 0 Å². The minimum Gasteiger partial charge on any atom is -0.222 e. The molecule has 0 aromatic heterocycles. The first-order chi connectivity index (χ1) is 8.95. The van der Waals surface area contributed by atoms with Crippen LogP contribution in [0.2, 0.25) is 0 Å². The van der Waals surface area contributed by atoms with Crippen LogP contribution in [0.15, 0.2) is 0 Å². The average molecular weight is 370 g/mol. The first-order valence-corrected chi connectivity index (χ1v) is 6.38. The molecular formula is C4H16ClN6NiO8-. The van der Waals surface area contributed by atoms with Gasteiger partial charge in [-0.3, -0.25) is 0 Å². The SMILES string of the molecule is NCCN.NCCN.O=[N+]([O-])[Ni][N+](=O)[O-].[O-][Cl+3]([O-])([O-])[O-]. The van der Waals surface area contributed by atoms with Gasteiger partial charge in [0.05, 0.1) is 0 Å². The summed E-state index contributed by atoms with van der Waals surface area (Å²) in [5.74, 6) is 0. The van der Waals surface area contributed by atoms with Crippen LogP contribution < -0.4 is 41.6 Å². The van der Waals surface area contributed by atoms with E-state index in [0.717, 1.165) is 0 Å². The molecule has 20 heavy (non-hydrogen) atoms. The van der Waals surface area contributed by atoms with Gasteiger partial charge in [0.15, 0.2) is 0 Å². The second-order valence-electron chi connectivity index (χ2n) is 1.98. The molecule has 16 heteroatoms. The fourth-order valence-electron chi connectivity index (χ4n) is 0.0422. The molecule has 0 amide bonds. The molecule has 0 spiro atoms. The number of hydrogen-bond acceptors (Lipinski definition) is 12. The molecule has 0 aliphatic heterocycles. The summed E-state index contributed by atoms with van der Waals surface area (Å²) in [6, 6.07) is 0. The zero-order chi connectivity index (χ0) is 17.2. The topological polar surface area (TPSA) is 283 Å². The van der Waals surface area contributed by atoms with E-state index in [-0.39, 0.29) is 0 Å². The van der Waals surface area contributed by atoms with Gasteiger partial charge in [-0.15, -0.1) is 10.2 Å². The Morgan fingerprint density at radius 3 is 0.900 bits per heavy atom. The Hall–Kier alpha value is -0.736. The number of rotatable bonds is 4. The molecule has 0 atom stereocenters. The zero-order valence-corrected chi connectivity index (χ0v) is 11.7. The molecular weight excluding hydrogens is 354 g/mol. The zero-order valence-electron chi connectivity index (χ0n) is 9.99. The van der Waals surface area contributed by atoms with Gasteiger partial charge in [0.25, 0.3) is 0 Å². The number of nitrogens with zero attached hydrogens (tertiary/aromatic N) is 2. The van der Waals surface area contributed by atoms with Crippen LogP contribution >= 0.6 is 0 Å². The summed E-state index contributed by atoms with van der Waals surface area (Å²) in [5, 5.41) is 18.3. The third-order valence-corrected chi connectivity index (χ3v) is 0.759. The van der Waals surface area contributed by atoms with Gasteiger partial charge < -0.3 is 22.9 Å². The summed E-state index contributed by atoms with van der Waals surface area (Å²) in [4.78, 5) is 18.3. The molecule has 0 heterocycles. The number of nitro groups is 2. The smallest absolute Gasteiger partial charge is 0.112 e. The van der Waals surface area contributed by atoms with Gasteiger partial charge >= 0.3 is 43.1 Å². The van der Waals surface area contributed by atoms with Gasteiger partial charge in [-0.25, -0.2) is 18.6 Å². The van der Waals surface area contributed by atoms with Crippen molar-refractivity contribution in [3.63, 3.8) is 0 Å². The number of halogens is 1. The largest absolute Gasteiger partial charge is 0.222 e. The fourth-order valence-corrected chi connectivity index (χ4v) is 0.174. The van der Waals surface area contributed by atoms with Crippen LogP contribution in [0.3, 0.4) is 0 Å². The van der Waals surface area contributed by atoms with E-state index in [0.29, 0.717) is 26.2 Å². The molecule has 0 saturated carbocycles. The Bertz CT molecular complexity index is 204. The summed E-state index contributed by atoms with van der Waals surface area (Å²) in [7, 11) is -4.94. The maximum absolute atomic E-state index is 9.15. The van der Waals surface area contributed by atoms with E-state index in [2.05, 4.69) is 0 Å². The molecule has 0 aliphatic rings. The Labute approximate surface area is 121 Å². The molecule has 0 aliphatic carbocycles.